The Morgan fingerprint density at radius 3 is 2.75 bits per heavy atom. The first-order valence-corrected chi connectivity index (χ1v) is 8.03. The van der Waals surface area contributed by atoms with Gasteiger partial charge in [-0.2, -0.15) is 5.10 Å². The molecule has 7 nitrogen and oxygen atoms in total. The first-order chi connectivity index (χ1) is 11.7. The number of H-pyrrole nitrogens is 1. The average molecular weight is 332 g/mol. The molecule has 1 amide bonds. The monoisotopic (exact) mass is 332 g/mol. The molecule has 0 aliphatic carbocycles. The maximum atomic E-state index is 13.1. The highest BCUT2D eigenvalue weighted by Crippen LogP contribution is 2.10. The fourth-order valence-corrected chi connectivity index (χ4v) is 2.74. The van der Waals surface area contributed by atoms with E-state index in [1.807, 2.05) is 0 Å². The van der Waals surface area contributed by atoms with Gasteiger partial charge in [0.1, 0.15) is 18.0 Å². The maximum absolute atomic E-state index is 13.1. The third-order valence-electron chi connectivity index (χ3n) is 4.07. The summed E-state index contributed by atoms with van der Waals surface area (Å²) < 4.78 is 13.1. The lowest BCUT2D eigenvalue weighted by Crippen LogP contribution is -2.46. The van der Waals surface area contributed by atoms with Crippen LogP contribution in [0.5, 0.6) is 0 Å². The highest BCUT2D eigenvalue weighted by Gasteiger charge is 2.18. The molecule has 1 aliphatic heterocycles. The van der Waals surface area contributed by atoms with E-state index in [9.17, 15) is 9.18 Å². The van der Waals surface area contributed by atoms with E-state index >= 15 is 0 Å². The Labute approximate surface area is 139 Å². The first kappa shape index (κ1) is 16.5. The van der Waals surface area contributed by atoms with Crippen LogP contribution in [0, 0.1) is 5.82 Å². The molecule has 0 spiro atoms. The number of piperazine rings is 1. The number of aromatic nitrogens is 3. The van der Waals surface area contributed by atoms with Crippen LogP contribution in [-0.4, -0.2) is 63.6 Å². The second-order valence-corrected chi connectivity index (χ2v) is 5.86. The quantitative estimate of drug-likeness (QED) is 0.828. The van der Waals surface area contributed by atoms with Gasteiger partial charge in [0.25, 0.3) is 0 Å². The summed E-state index contributed by atoms with van der Waals surface area (Å²) in [7, 11) is 0. The van der Waals surface area contributed by atoms with Gasteiger partial charge in [0.2, 0.25) is 5.91 Å². The highest BCUT2D eigenvalue weighted by molar-refractivity contribution is 5.90. The number of carbonyl (C=O) groups excluding carboxylic acids is 1. The van der Waals surface area contributed by atoms with Crippen LogP contribution in [0.25, 0.3) is 0 Å². The number of anilines is 1. The lowest BCUT2D eigenvalue weighted by Gasteiger charge is -2.34. The number of benzene rings is 1. The van der Waals surface area contributed by atoms with Crippen molar-refractivity contribution >= 4 is 11.6 Å². The van der Waals surface area contributed by atoms with E-state index in [0.29, 0.717) is 18.7 Å². The Morgan fingerprint density at radius 1 is 1.25 bits per heavy atom. The third kappa shape index (κ3) is 4.84. The van der Waals surface area contributed by atoms with Gasteiger partial charge in [0, 0.05) is 44.8 Å². The molecule has 0 radical (unpaired) electrons. The molecular weight excluding hydrogens is 311 g/mol. The third-order valence-corrected chi connectivity index (χ3v) is 4.07. The summed E-state index contributed by atoms with van der Waals surface area (Å²) in [5.41, 5.74) is 0.497. The summed E-state index contributed by atoms with van der Waals surface area (Å²) in [5, 5.41) is 9.44. The number of halogens is 1. The zero-order valence-corrected chi connectivity index (χ0v) is 13.4. The van der Waals surface area contributed by atoms with Crippen molar-refractivity contribution in [1.82, 2.24) is 25.0 Å². The summed E-state index contributed by atoms with van der Waals surface area (Å²) in [6.45, 7) is 5.19. The summed E-state index contributed by atoms with van der Waals surface area (Å²) >= 11 is 0. The van der Waals surface area contributed by atoms with Crippen molar-refractivity contribution in [2.45, 2.75) is 13.0 Å². The number of rotatable bonds is 6. The zero-order chi connectivity index (χ0) is 16.8. The van der Waals surface area contributed by atoms with Crippen molar-refractivity contribution in [2.24, 2.45) is 0 Å². The molecule has 1 aliphatic rings. The van der Waals surface area contributed by atoms with Gasteiger partial charge in [0.05, 0.1) is 6.54 Å². The number of nitrogens with one attached hydrogen (secondary N) is 2. The van der Waals surface area contributed by atoms with Crippen LogP contribution in [0.2, 0.25) is 0 Å². The number of aromatic amines is 1. The average Bonchev–Trinajstić information content (AvgIpc) is 3.07. The van der Waals surface area contributed by atoms with Crippen molar-refractivity contribution < 1.29 is 9.18 Å². The molecule has 0 atom stereocenters. The van der Waals surface area contributed by atoms with E-state index in [0.717, 1.165) is 38.5 Å². The Bertz CT molecular complexity index is 654. The van der Waals surface area contributed by atoms with Crippen LogP contribution in [0.15, 0.2) is 30.6 Å². The normalized spacial score (nSPS) is 16.2. The minimum absolute atomic E-state index is 0.0929. The predicted molar refractivity (Wildman–Crippen MR) is 87.7 cm³/mol. The van der Waals surface area contributed by atoms with E-state index in [4.69, 9.17) is 0 Å². The number of amides is 1. The first-order valence-electron chi connectivity index (χ1n) is 8.03. The molecule has 1 aromatic carbocycles. The lowest BCUT2D eigenvalue weighted by atomic mass is 10.2. The van der Waals surface area contributed by atoms with E-state index in [1.165, 1.54) is 18.5 Å². The van der Waals surface area contributed by atoms with Crippen LogP contribution < -0.4 is 5.32 Å². The van der Waals surface area contributed by atoms with Gasteiger partial charge in [-0.25, -0.2) is 9.37 Å². The van der Waals surface area contributed by atoms with Gasteiger partial charge < -0.3 is 10.2 Å². The van der Waals surface area contributed by atoms with Crippen LogP contribution in [0.4, 0.5) is 10.1 Å². The predicted octanol–water partition coefficient (Wildman–Crippen LogP) is 1.09. The molecule has 2 N–H and O–H groups in total. The second kappa shape index (κ2) is 7.98. The fraction of sp³-hybridized carbons (Fsp3) is 0.438. The van der Waals surface area contributed by atoms with Crippen molar-refractivity contribution in [3.63, 3.8) is 0 Å². The second-order valence-electron chi connectivity index (χ2n) is 5.86. The molecule has 1 fully saturated rings. The zero-order valence-electron chi connectivity index (χ0n) is 13.4. The van der Waals surface area contributed by atoms with Crippen molar-refractivity contribution in [2.75, 3.05) is 38.0 Å². The fourth-order valence-electron chi connectivity index (χ4n) is 2.74. The van der Waals surface area contributed by atoms with Gasteiger partial charge in [-0.15, -0.1) is 0 Å². The molecule has 2 aromatic rings. The molecule has 2 heterocycles. The van der Waals surface area contributed by atoms with Crippen LogP contribution >= 0.6 is 0 Å². The Balaban J connectivity index is 1.36. The molecule has 8 heteroatoms. The molecule has 1 aromatic heterocycles. The molecular formula is C16H21FN6O. The number of hydrogen-bond donors (Lipinski definition) is 2. The summed E-state index contributed by atoms with van der Waals surface area (Å²) in [6.07, 6.45) is 1.92. The van der Waals surface area contributed by atoms with Gasteiger partial charge >= 0.3 is 0 Å². The van der Waals surface area contributed by atoms with Gasteiger partial charge in [0.15, 0.2) is 0 Å². The maximum Gasteiger partial charge on any atom is 0.225 e. The van der Waals surface area contributed by atoms with Gasteiger partial charge in [-0.05, 0) is 18.2 Å². The topological polar surface area (TPSA) is 77.2 Å². The molecule has 0 unspecified atom stereocenters. The lowest BCUT2D eigenvalue weighted by molar-refractivity contribution is -0.116. The van der Waals surface area contributed by atoms with E-state index in [2.05, 4.69) is 30.3 Å². The number of hydrogen-bond acceptors (Lipinski definition) is 5. The van der Waals surface area contributed by atoms with Gasteiger partial charge in [-0.3, -0.25) is 14.8 Å². The largest absolute Gasteiger partial charge is 0.326 e. The molecule has 128 valence electrons. The Kier molecular flexibility index (Phi) is 5.50. The number of carbonyl (C=O) groups is 1. The van der Waals surface area contributed by atoms with Crippen LogP contribution in [-0.2, 0) is 11.3 Å². The minimum atomic E-state index is -0.351. The van der Waals surface area contributed by atoms with E-state index in [1.54, 1.807) is 12.1 Å². The summed E-state index contributed by atoms with van der Waals surface area (Å²) in [4.78, 5) is 20.7. The Morgan fingerprint density at radius 2 is 2.04 bits per heavy atom. The SMILES string of the molecule is O=C(CCN1CCN(Cc2ncn[nH]2)CC1)Nc1cccc(F)c1. The molecule has 1 saturated heterocycles. The molecule has 0 bridgehead atoms. The van der Waals surface area contributed by atoms with Crippen LogP contribution in [0.3, 0.4) is 0 Å². The molecule has 3 rings (SSSR count). The van der Waals surface area contributed by atoms with Gasteiger partial charge in [-0.1, -0.05) is 6.07 Å². The van der Waals surface area contributed by atoms with Crippen molar-refractivity contribution in [3.8, 4) is 0 Å². The summed E-state index contributed by atoms with van der Waals surface area (Å²) in [5.74, 6) is 0.429. The highest BCUT2D eigenvalue weighted by atomic mass is 19.1. The standard InChI is InChI=1S/C16H21FN6O/c17-13-2-1-3-14(10-13)20-16(24)4-5-22-6-8-23(9-7-22)11-15-18-12-19-21-15/h1-3,10,12H,4-9,11H2,(H,20,24)(H,18,19,21). The van der Waals surface area contributed by atoms with Crippen LogP contribution in [0.1, 0.15) is 12.2 Å². The van der Waals surface area contributed by atoms with E-state index in [-0.39, 0.29) is 11.7 Å². The van der Waals surface area contributed by atoms with E-state index < -0.39 is 0 Å². The summed E-state index contributed by atoms with van der Waals surface area (Å²) in [6, 6.07) is 5.94. The number of nitrogens with zero attached hydrogens (tertiary/aromatic N) is 4. The molecule has 24 heavy (non-hydrogen) atoms. The minimum Gasteiger partial charge on any atom is -0.326 e. The van der Waals surface area contributed by atoms with Crippen molar-refractivity contribution in [1.29, 1.82) is 0 Å². The smallest absolute Gasteiger partial charge is 0.225 e. The van der Waals surface area contributed by atoms with Crippen molar-refractivity contribution in [3.05, 3.63) is 42.2 Å². The molecule has 0 saturated carbocycles. The Hall–Kier alpha value is -2.32.